The highest BCUT2D eigenvalue weighted by Gasteiger charge is 2.18. The number of carbonyl (C=O) groups is 1. The highest BCUT2D eigenvalue weighted by Crippen LogP contribution is 2.20. The predicted octanol–water partition coefficient (Wildman–Crippen LogP) is 3.55. The summed E-state index contributed by atoms with van der Waals surface area (Å²) in [4.78, 5) is 12.4. The number of hydrogen-bond acceptors (Lipinski definition) is 5. The summed E-state index contributed by atoms with van der Waals surface area (Å²) in [5.41, 5.74) is 3.29. The number of nitrogens with zero attached hydrogens (tertiary/aromatic N) is 2. The Morgan fingerprint density at radius 1 is 1.27 bits per heavy atom. The molecule has 0 aliphatic rings. The van der Waals surface area contributed by atoms with Gasteiger partial charge < -0.3 is 5.32 Å². The lowest BCUT2D eigenvalue weighted by molar-refractivity contribution is -0.117. The third-order valence-corrected chi connectivity index (χ3v) is 4.43. The van der Waals surface area contributed by atoms with E-state index in [9.17, 15) is 4.79 Å². The van der Waals surface area contributed by atoms with E-state index < -0.39 is 0 Å². The summed E-state index contributed by atoms with van der Waals surface area (Å²) in [6.07, 6.45) is 1.52. The molecule has 0 fully saturated rings. The second kappa shape index (κ2) is 7.35. The fraction of sp³-hybridized carbons (Fsp3) is 0.438. The molecule has 1 heterocycles. The molecule has 0 spiro atoms. The van der Waals surface area contributed by atoms with E-state index in [1.807, 2.05) is 27.7 Å². The van der Waals surface area contributed by atoms with Crippen LogP contribution in [0.3, 0.4) is 0 Å². The zero-order valence-electron chi connectivity index (χ0n) is 13.4. The van der Waals surface area contributed by atoms with Gasteiger partial charge in [0.1, 0.15) is 11.0 Å². The molecule has 2 aromatic rings. The van der Waals surface area contributed by atoms with E-state index in [-0.39, 0.29) is 11.9 Å². The van der Waals surface area contributed by atoms with Crippen LogP contribution in [0.25, 0.3) is 0 Å². The molecule has 0 aliphatic carbocycles. The van der Waals surface area contributed by atoms with Gasteiger partial charge in [-0.3, -0.25) is 10.1 Å². The summed E-state index contributed by atoms with van der Waals surface area (Å²) >= 11 is 1.42. The Labute approximate surface area is 135 Å². The van der Waals surface area contributed by atoms with E-state index in [1.54, 1.807) is 0 Å². The maximum absolute atomic E-state index is 12.4. The van der Waals surface area contributed by atoms with Gasteiger partial charge in [0.2, 0.25) is 11.0 Å². The van der Waals surface area contributed by atoms with E-state index in [0.29, 0.717) is 11.6 Å². The molecule has 118 valence electrons. The molecule has 1 aromatic heterocycles. The molecule has 22 heavy (non-hydrogen) atoms. The largest absolute Gasteiger partial charge is 0.373 e. The Morgan fingerprint density at radius 2 is 2.05 bits per heavy atom. The molecule has 0 bridgehead atoms. The zero-order chi connectivity index (χ0) is 16.1. The summed E-state index contributed by atoms with van der Waals surface area (Å²) in [6.45, 7) is 8.08. The lowest BCUT2D eigenvalue weighted by Gasteiger charge is -2.19. The average Bonchev–Trinajstić information content (AvgIpc) is 2.95. The molecule has 0 saturated carbocycles. The Morgan fingerprint density at radius 3 is 2.68 bits per heavy atom. The topological polar surface area (TPSA) is 66.9 Å². The van der Waals surface area contributed by atoms with Gasteiger partial charge in [-0.05, 0) is 43.9 Å². The number of nitrogens with one attached hydrogen (secondary N) is 2. The van der Waals surface area contributed by atoms with Crippen LogP contribution in [0, 0.1) is 13.8 Å². The van der Waals surface area contributed by atoms with E-state index >= 15 is 0 Å². The molecule has 1 amide bonds. The van der Waals surface area contributed by atoms with E-state index in [2.05, 4.69) is 39.0 Å². The summed E-state index contributed by atoms with van der Waals surface area (Å²) in [6, 6.07) is 5.88. The van der Waals surface area contributed by atoms with Crippen LogP contribution in [-0.2, 0) is 11.2 Å². The molecule has 2 N–H and O–H groups in total. The first-order chi connectivity index (χ1) is 10.5. The van der Waals surface area contributed by atoms with Crippen molar-refractivity contribution in [3.63, 3.8) is 0 Å². The third-order valence-electron chi connectivity index (χ3n) is 3.45. The van der Waals surface area contributed by atoms with Crippen molar-refractivity contribution >= 4 is 28.1 Å². The number of carbonyl (C=O) groups excluding carboxylic acids is 1. The summed E-state index contributed by atoms with van der Waals surface area (Å²) in [5, 5.41) is 15.7. The third kappa shape index (κ3) is 4.04. The first kappa shape index (κ1) is 16.4. The molecular formula is C16H22N4OS. The van der Waals surface area contributed by atoms with E-state index in [4.69, 9.17) is 0 Å². The number of rotatable bonds is 6. The minimum Gasteiger partial charge on any atom is -0.373 e. The molecule has 6 heteroatoms. The number of anilines is 2. The molecule has 1 aromatic carbocycles. The summed E-state index contributed by atoms with van der Waals surface area (Å²) in [5.74, 6) is -0.0813. The minimum atomic E-state index is -0.297. The van der Waals surface area contributed by atoms with Crippen molar-refractivity contribution in [1.82, 2.24) is 10.2 Å². The van der Waals surface area contributed by atoms with Crippen molar-refractivity contribution in [2.24, 2.45) is 0 Å². The SMILES string of the molecule is CCc1nnc(NC(=O)[C@H](CC)Nc2cc(C)ccc2C)s1. The summed E-state index contributed by atoms with van der Waals surface area (Å²) in [7, 11) is 0. The Bertz CT molecular complexity index is 653. The van der Waals surface area contributed by atoms with Gasteiger partial charge >= 0.3 is 0 Å². The maximum atomic E-state index is 12.4. The molecule has 0 radical (unpaired) electrons. The van der Waals surface area contributed by atoms with Crippen LogP contribution in [0.15, 0.2) is 18.2 Å². The van der Waals surface area contributed by atoms with Gasteiger partial charge in [0.05, 0.1) is 0 Å². The van der Waals surface area contributed by atoms with Crippen molar-refractivity contribution in [2.45, 2.75) is 46.6 Å². The average molecular weight is 318 g/mol. The van der Waals surface area contributed by atoms with Gasteiger partial charge in [-0.25, -0.2) is 0 Å². The van der Waals surface area contributed by atoms with E-state index in [0.717, 1.165) is 22.7 Å². The Kier molecular flexibility index (Phi) is 5.49. The lowest BCUT2D eigenvalue weighted by atomic mass is 10.1. The van der Waals surface area contributed by atoms with Crippen LogP contribution in [0.2, 0.25) is 0 Å². The fourth-order valence-corrected chi connectivity index (χ4v) is 2.75. The van der Waals surface area contributed by atoms with Crippen LogP contribution in [-0.4, -0.2) is 22.1 Å². The Hall–Kier alpha value is -1.95. The molecule has 1 atom stereocenters. The monoisotopic (exact) mass is 318 g/mol. The lowest BCUT2D eigenvalue weighted by Crippen LogP contribution is -2.34. The van der Waals surface area contributed by atoms with Crippen molar-refractivity contribution in [3.8, 4) is 0 Å². The number of aromatic nitrogens is 2. The molecule has 0 aliphatic heterocycles. The van der Waals surface area contributed by atoms with Crippen molar-refractivity contribution in [3.05, 3.63) is 34.3 Å². The number of hydrogen-bond donors (Lipinski definition) is 2. The van der Waals surface area contributed by atoms with E-state index in [1.165, 1.54) is 16.9 Å². The van der Waals surface area contributed by atoms with Gasteiger partial charge in [-0.2, -0.15) is 0 Å². The highest BCUT2D eigenvalue weighted by molar-refractivity contribution is 7.15. The van der Waals surface area contributed by atoms with Gasteiger partial charge in [-0.1, -0.05) is 37.3 Å². The van der Waals surface area contributed by atoms with Crippen molar-refractivity contribution in [1.29, 1.82) is 0 Å². The van der Waals surface area contributed by atoms with Gasteiger partial charge in [-0.15, -0.1) is 10.2 Å². The fourth-order valence-electron chi connectivity index (χ4n) is 2.07. The van der Waals surface area contributed by atoms with Gasteiger partial charge in [0.25, 0.3) is 0 Å². The Balaban J connectivity index is 2.07. The van der Waals surface area contributed by atoms with Crippen LogP contribution in [0.4, 0.5) is 10.8 Å². The molecule has 5 nitrogen and oxygen atoms in total. The normalized spacial score (nSPS) is 12.0. The zero-order valence-corrected chi connectivity index (χ0v) is 14.3. The molecule has 0 unspecified atom stereocenters. The smallest absolute Gasteiger partial charge is 0.248 e. The minimum absolute atomic E-state index is 0.0813. The van der Waals surface area contributed by atoms with Crippen molar-refractivity contribution in [2.75, 3.05) is 10.6 Å². The number of aryl methyl sites for hydroxylation is 3. The van der Waals surface area contributed by atoms with Crippen LogP contribution < -0.4 is 10.6 Å². The number of amides is 1. The van der Waals surface area contributed by atoms with Gasteiger partial charge in [0.15, 0.2) is 0 Å². The number of benzene rings is 1. The second-order valence-corrected chi connectivity index (χ2v) is 6.33. The van der Waals surface area contributed by atoms with Crippen LogP contribution in [0.1, 0.15) is 36.4 Å². The molecular weight excluding hydrogens is 296 g/mol. The molecule has 2 rings (SSSR count). The molecule has 0 saturated heterocycles. The van der Waals surface area contributed by atoms with Crippen LogP contribution >= 0.6 is 11.3 Å². The predicted molar refractivity (Wildman–Crippen MR) is 91.5 cm³/mol. The summed E-state index contributed by atoms with van der Waals surface area (Å²) < 4.78 is 0. The standard InChI is InChI=1S/C16H22N4OS/c1-5-12(17-13-9-10(3)7-8-11(13)4)15(21)18-16-20-19-14(6-2)22-16/h7-9,12,17H,5-6H2,1-4H3,(H,18,20,21)/t12-/m0/s1. The van der Waals surface area contributed by atoms with Crippen LogP contribution in [0.5, 0.6) is 0 Å². The maximum Gasteiger partial charge on any atom is 0.248 e. The highest BCUT2D eigenvalue weighted by atomic mass is 32.1. The van der Waals surface area contributed by atoms with Gasteiger partial charge in [0, 0.05) is 5.69 Å². The quantitative estimate of drug-likeness (QED) is 0.855. The van der Waals surface area contributed by atoms with Crippen molar-refractivity contribution < 1.29 is 4.79 Å². The first-order valence-electron chi connectivity index (χ1n) is 7.50. The second-order valence-electron chi connectivity index (χ2n) is 5.27. The first-order valence-corrected chi connectivity index (χ1v) is 8.32.